The zero-order valence-electron chi connectivity index (χ0n) is 12.9. The summed E-state index contributed by atoms with van der Waals surface area (Å²) in [5, 5.41) is 8.16. The molecule has 0 radical (unpaired) electrons. The van der Waals surface area contributed by atoms with Crippen LogP contribution in [0.5, 0.6) is 0 Å². The SMILES string of the molecule is CSc1ccccc1C(=O)N1CC[C@@H]2OCc3cnnn3[C@@H]2C1. The number of carbonyl (C=O) groups excluding carboxylic acids is 1. The van der Waals surface area contributed by atoms with Gasteiger partial charge in [-0.2, -0.15) is 0 Å². The fraction of sp³-hybridized carbons (Fsp3) is 0.438. The van der Waals surface area contributed by atoms with Crippen molar-refractivity contribution in [3.05, 3.63) is 41.7 Å². The van der Waals surface area contributed by atoms with E-state index in [1.807, 2.05) is 40.1 Å². The number of hydrogen-bond donors (Lipinski definition) is 0. The van der Waals surface area contributed by atoms with Gasteiger partial charge in [-0.1, -0.05) is 17.3 Å². The number of thioether (sulfide) groups is 1. The van der Waals surface area contributed by atoms with Crippen LogP contribution in [0.15, 0.2) is 35.4 Å². The Morgan fingerprint density at radius 1 is 1.39 bits per heavy atom. The summed E-state index contributed by atoms with van der Waals surface area (Å²) in [6.45, 7) is 1.88. The first-order chi connectivity index (χ1) is 11.3. The summed E-state index contributed by atoms with van der Waals surface area (Å²) in [7, 11) is 0. The van der Waals surface area contributed by atoms with E-state index in [0.717, 1.165) is 22.6 Å². The molecule has 120 valence electrons. The van der Waals surface area contributed by atoms with Crippen molar-refractivity contribution in [1.29, 1.82) is 0 Å². The number of rotatable bonds is 2. The Morgan fingerprint density at radius 2 is 2.26 bits per heavy atom. The molecule has 7 heteroatoms. The van der Waals surface area contributed by atoms with Crippen molar-refractivity contribution in [3.63, 3.8) is 0 Å². The highest BCUT2D eigenvalue weighted by atomic mass is 32.2. The minimum Gasteiger partial charge on any atom is -0.370 e. The molecule has 4 rings (SSSR count). The van der Waals surface area contributed by atoms with Gasteiger partial charge in [0.15, 0.2) is 0 Å². The van der Waals surface area contributed by atoms with Crippen LogP contribution in [0.4, 0.5) is 0 Å². The molecular weight excluding hydrogens is 312 g/mol. The highest BCUT2D eigenvalue weighted by Gasteiger charge is 2.38. The van der Waals surface area contributed by atoms with E-state index < -0.39 is 0 Å². The number of nitrogens with zero attached hydrogens (tertiary/aromatic N) is 4. The first-order valence-electron chi connectivity index (χ1n) is 7.71. The standard InChI is InChI=1S/C16H18N4O2S/c1-23-15-5-3-2-4-12(15)16(21)19-7-6-14-13(9-19)20-11(10-22-14)8-17-18-20/h2-5,8,13-14H,6-7,9-10H2,1H3/t13-,14+/m1/s1. The van der Waals surface area contributed by atoms with E-state index in [0.29, 0.717) is 19.7 Å². The van der Waals surface area contributed by atoms with Crippen LogP contribution in [0.25, 0.3) is 0 Å². The van der Waals surface area contributed by atoms with Crippen molar-refractivity contribution in [2.75, 3.05) is 19.3 Å². The zero-order valence-corrected chi connectivity index (χ0v) is 13.7. The third kappa shape index (κ3) is 2.53. The molecule has 0 bridgehead atoms. The van der Waals surface area contributed by atoms with Crippen LogP contribution in [0, 0.1) is 0 Å². The molecule has 1 saturated heterocycles. The summed E-state index contributed by atoms with van der Waals surface area (Å²) in [4.78, 5) is 15.9. The predicted molar refractivity (Wildman–Crippen MR) is 86.4 cm³/mol. The van der Waals surface area contributed by atoms with Crippen molar-refractivity contribution in [1.82, 2.24) is 19.9 Å². The van der Waals surface area contributed by atoms with Gasteiger partial charge in [-0.05, 0) is 24.8 Å². The number of benzene rings is 1. The minimum atomic E-state index is 0.0559. The van der Waals surface area contributed by atoms with Crippen molar-refractivity contribution in [3.8, 4) is 0 Å². The Morgan fingerprint density at radius 3 is 3.13 bits per heavy atom. The molecule has 2 aromatic rings. The van der Waals surface area contributed by atoms with Gasteiger partial charge in [-0.3, -0.25) is 4.79 Å². The van der Waals surface area contributed by atoms with Gasteiger partial charge < -0.3 is 9.64 Å². The van der Waals surface area contributed by atoms with Crippen LogP contribution < -0.4 is 0 Å². The van der Waals surface area contributed by atoms with E-state index in [9.17, 15) is 4.79 Å². The first kappa shape index (κ1) is 14.7. The van der Waals surface area contributed by atoms with Crippen molar-refractivity contribution >= 4 is 17.7 Å². The summed E-state index contributed by atoms with van der Waals surface area (Å²) in [6, 6.07) is 7.83. The second-order valence-electron chi connectivity index (χ2n) is 5.83. The van der Waals surface area contributed by atoms with Gasteiger partial charge in [0.1, 0.15) is 0 Å². The molecule has 0 unspecified atom stereocenters. The van der Waals surface area contributed by atoms with E-state index in [4.69, 9.17) is 4.74 Å². The number of ether oxygens (including phenoxy) is 1. The number of hydrogen-bond acceptors (Lipinski definition) is 5. The Balaban J connectivity index is 1.59. The van der Waals surface area contributed by atoms with Crippen molar-refractivity contribution in [2.24, 2.45) is 0 Å². The lowest BCUT2D eigenvalue weighted by Crippen LogP contribution is -2.50. The summed E-state index contributed by atoms with van der Waals surface area (Å²) < 4.78 is 7.83. The number of aromatic nitrogens is 3. The first-order valence-corrected chi connectivity index (χ1v) is 8.93. The second-order valence-corrected chi connectivity index (χ2v) is 6.67. The maximum atomic E-state index is 12.9. The van der Waals surface area contributed by atoms with E-state index in [1.54, 1.807) is 18.0 Å². The zero-order chi connectivity index (χ0) is 15.8. The lowest BCUT2D eigenvalue weighted by Gasteiger charge is -2.41. The van der Waals surface area contributed by atoms with Gasteiger partial charge >= 0.3 is 0 Å². The molecule has 1 amide bonds. The van der Waals surface area contributed by atoms with E-state index in [2.05, 4.69) is 10.3 Å². The maximum absolute atomic E-state index is 12.9. The van der Waals surface area contributed by atoms with Crippen molar-refractivity contribution in [2.45, 2.75) is 30.1 Å². The van der Waals surface area contributed by atoms with Gasteiger partial charge in [0.25, 0.3) is 5.91 Å². The maximum Gasteiger partial charge on any atom is 0.255 e. The summed E-state index contributed by atoms with van der Waals surface area (Å²) in [5.41, 5.74) is 1.75. The highest BCUT2D eigenvalue weighted by molar-refractivity contribution is 7.98. The molecule has 1 aromatic heterocycles. The van der Waals surface area contributed by atoms with Gasteiger partial charge in [0, 0.05) is 18.0 Å². The molecule has 0 saturated carbocycles. The number of amides is 1. The Hall–Kier alpha value is -1.86. The van der Waals surface area contributed by atoms with Crippen LogP contribution >= 0.6 is 11.8 Å². The monoisotopic (exact) mass is 330 g/mol. The molecule has 2 aliphatic rings. The Bertz CT molecular complexity index is 732. The number of likely N-dealkylation sites (tertiary alicyclic amines) is 1. The molecule has 2 atom stereocenters. The molecule has 1 aromatic carbocycles. The second kappa shape index (κ2) is 5.98. The smallest absolute Gasteiger partial charge is 0.255 e. The van der Waals surface area contributed by atoms with E-state index >= 15 is 0 Å². The molecular formula is C16H18N4O2S. The molecule has 2 aliphatic heterocycles. The van der Waals surface area contributed by atoms with Gasteiger partial charge in [0.2, 0.25) is 0 Å². The molecule has 0 aliphatic carbocycles. The van der Waals surface area contributed by atoms with Gasteiger partial charge in [-0.25, -0.2) is 4.68 Å². The van der Waals surface area contributed by atoms with Gasteiger partial charge in [-0.15, -0.1) is 16.9 Å². The van der Waals surface area contributed by atoms with E-state index in [1.165, 1.54) is 0 Å². The number of carbonyl (C=O) groups is 1. The average Bonchev–Trinajstić information content (AvgIpc) is 3.09. The molecule has 6 nitrogen and oxygen atoms in total. The molecule has 23 heavy (non-hydrogen) atoms. The summed E-state index contributed by atoms with van der Waals surface area (Å²) in [5.74, 6) is 0.0839. The molecule has 3 heterocycles. The topological polar surface area (TPSA) is 60.3 Å². The average molecular weight is 330 g/mol. The van der Waals surface area contributed by atoms with Crippen molar-refractivity contribution < 1.29 is 9.53 Å². The Kier molecular flexibility index (Phi) is 3.82. The molecule has 1 fully saturated rings. The normalized spacial score (nSPS) is 23.3. The molecule has 0 N–H and O–H groups in total. The van der Waals surface area contributed by atoms with Gasteiger partial charge in [0.05, 0.1) is 36.2 Å². The highest BCUT2D eigenvalue weighted by Crippen LogP contribution is 2.31. The lowest BCUT2D eigenvalue weighted by atomic mass is 9.99. The fourth-order valence-electron chi connectivity index (χ4n) is 3.36. The van der Waals surface area contributed by atoms with E-state index in [-0.39, 0.29) is 18.1 Å². The quantitative estimate of drug-likeness (QED) is 0.788. The van der Waals surface area contributed by atoms with Crippen LogP contribution in [-0.2, 0) is 11.3 Å². The minimum absolute atomic E-state index is 0.0559. The fourth-order valence-corrected chi connectivity index (χ4v) is 3.95. The lowest BCUT2D eigenvalue weighted by molar-refractivity contribution is -0.0605. The van der Waals surface area contributed by atoms with Crippen LogP contribution in [0.1, 0.15) is 28.5 Å². The van der Waals surface area contributed by atoms with Crippen LogP contribution in [0.2, 0.25) is 0 Å². The van der Waals surface area contributed by atoms with Crippen LogP contribution in [-0.4, -0.2) is 51.3 Å². The number of piperidine rings is 1. The predicted octanol–water partition coefficient (Wildman–Crippen LogP) is 1.99. The largest absolute Gasteiger partial charge is 0.370 e. The van der Waals surface area contributed by atoms with Crippen LogP contribution in [0.3, 0.4) is 0 Å². The summed E-state index contributed by atoms with van der Waals surface area (Å²) in [6.07, 6.45) is 4.68. The Labute approximate surface area is 138 Å². The molecule has 0 spiro atoms. The number of fused-ring (bicyclic) bond motifs is 3. The third-order valence-corrected chi connectivity index (χ3v) is 5.35. The third-order valence-electron chi connectivity index (χ3n) is 4.55. The summed E-state index contributed by atoms with van der Waals surface area (Å²) >= 11 is 1.60.